The lowest BCUT2D eigenvalue weighted by Crippen LogP contribution is -2.29. The highest BCUT2D eigenvalue weighted by Gasteiger charge is 2.24. The average molecular weight is 341 g/mol. The summed E-state index contributed by atoms with van der Waals surface area (Å²) < 4.78 is 1.59. The van der Waals surface area contributed by atoms with E-state index in [1.807, 2.05) is 49.4 Å². The van der Waals surface area contributed by atoms with Crippen LogP contribution >= 0.6 is 11.6 Å². The van der Waals surface area contributed by atoms with Gasteiger partial charge in [0.2, 0.25) is 0 Å². The average Bonchev–Trinajstić information content (AvgIpc) is 3.06. The van der Waals surface area contributed by atoms with Crippen molar-refractivity contribution in [2.45, 2.75) is 13.3 Å². The molecule has 1 aromatic heterocycles. The highest BCUT2D eigenvalue weighted by Crippen LogP contribution is 2.21. The van der Waals surface area contributed by atoms with Crippen LogP contribution in [0.3, 0.4) is 0 Å². The molecule has 24 heavy (non-hydrogen) atoms. The van der Waals surface area contributed by atoms with Gasteiger partial charge in [-0.15, -0.1) is 5.10 Å². The number of rotatable bonds is 4. The first kappa shape index (κ1) is 16.2. The molecule has 6 heteroatoms. The molecule has 3 aromatic rings. The van der Waals surface area contributed by atoms with Crippen molar-refractivity contribution in [3.8, 4) is 5.69 Å². The maximum Gasteiger partial charge on any atom is 0.278 e. The molecule has 2 aromatic carbocycles. The molecule has 1 amide bonds. The van der Waals surface area contributed by atoms with Crippen molar-refractivity contribution in [2.24, 2.45) is 0 Å². The standard InChI is InChI=1S/C18H17ClN4O/c1-3-16-17(23(21-20-16)15-7-5-4-6-8-15)18(24)22(2)14-11-9-13(19)10-12-14/h4-12H,3H2,1-2H3. The third kappa shape index (κ3) is 3.03. The first-order valence-corrected chi connectivity index (χ1v) is 8.03. The Hall–Kier alpha value is -2.66. The second-order valence-corrected chi connectivity index (χ2v) is 5.76. The predicted octanol–water partition coefficient (Wildman–Crippen LogP) is 3.76. The van der Waals surface area contributed by atoms with E-state index in [0.717, 1.165) is 11.4 Å². The third-order valence-corrected chi connectivity index (χ3v) is 4.05. The van der Waals surface area contributed by atoms with Gasteiger partial charge in [-0.05, 0) is 42.8 Å². The van der Waals surface area contributed by atoms with Gasteiger partial charge in [0.25, 0.3) is 5.91 Å². The zero-order chi connectivity index (χ0) is 17.1. The number of hydrogen-bond acceptors (Lipinski definition) is 3. The first-order chi connectivity index (χ1) is 11.6. The monoisotopic (exact) mass is 340 g/mol. The molecule has 0 unspecified atom stereocenters. The molecule has 0 saturated heterocycles. The second-order valence-electron chi connectivity index (χ2n) is 5.33. The number of benzene rings is 2. The predicted molar refractivity (Wildman–Crippen MR) is 94.9 cm³/mol. The Kier molecular flexibility index (Phi) is 4.62. The second kappa shape index (κ2) is 6.84. The minimum atomic E-state index is -0.164. The molecular weight excluding hydrogens is 324 g/mol. The van der Waals surface area contributed by atoms with Gasteiger partial charge in [-0.3, -0.25) is 4.79 Å². The summed E-state index contributed by atoms with van der Waals surface area (Å²) >= 11 is 5.92. The van der Waals surface area contributed by atoms with Gasteiger partial charge >= 0.3 is 0 Å². The molecule has 3 rings (SSSR count). The Morgan fingerprint density at radius 1 is 1.12 bits per heavy atom. The maximum absolute atomic E-state index is 13.1. The van der Waals surface area contributed by atoms with E-state index in [-0.39, 0.29) is 5.91 Å². The fourth-order valence-electron chi connectivity index (χ4n) is 2.46. The highest BCUT2D eigenvalue weighted by molar-refractivity contribution is 6.30. The summed E-state index contributed by atoms with van der Waals surface area (Å²) in [6, 6.07) is 16.6. The number of carbonyl (C=O) groups is 1. The normalized spacial score (nSPS) is 10.6. The van der Waals surface area contributed by atoms with Gasteiger partial charge in [0.1, 0.15) is 0 Å². The number of para-hydroxylation sites is 1. The van der Waals surface area contributed by atoms with Crippen molar-refractivity contribution in [3.63, 3.8) is 0 Å². The van der Waals surface area contributed by atoms with E-state index < -0.39 is 0 Å². The zero-order valence-corrected chi connectivity index (χ0v) is 14.2. The van der Waals surface area contributed by atoms with Crippen molar-refractivity contribution in [2.75, 3.05) is 11.9 Å². The molecule has 0 aliphatic rings. The van der Waals surface area contributed by atoms with Crippen molar-refractivity contribution in [1.82, 2.24) is 15.0 Å². The number of aryl methyl sites for hydroxylation is 1. The molecular formula is C18H17ClN4O. The van der Waals surface area contributed by atoms with Crippen molar-refractivity contribution in [1.29, 1.82) is 0 Å². The third-order valence-electron chi connectivity index (χ3n) is 3.80. The number of nitrogens with zero attached hydrogens (tertiary/aromatic N) is 4. The number of anilines is 1. The summed E-state index contributed by atoms with van der Waals surface area (Å²) in [6.45, 7) is 1.96. The fraction of sp³-hybridized carbons (Fsp3) is 0.167. The van der Waals surface area contributed by atoms with E-state index in [0.29, 0.717) is 22.8 Å². The van der Waals surface area contributed by atoms with Crippen LogP contribution in [-0.2, 0) is 6.42 Å². The summed E-state index contributed by atoms with van der Waals surface area (Å²) in [5.74, 6) is -0.164. The summed E-state index contributed by atoms with van der Waals surface area (Å²) in [4.78, 5) is 14.6. The highest BCUT2D eigenvalue weighted by atomic mass is 35.5. The molecule has 0 bridgehead atoms. The molecule has 0 N–H and O–H groups in total. The number of amides is 1. The van der Waals surface area contributed by atoms with E-state index >= 15 is 0 Å². The van der Waals surface area contributed by atoms with Gasteiger partial charge in [0.15, 0.2) is 5.69 Å². The number of halogens is 1. The van der Waals surface area contributed by atoms with Crippen LogP contribution in [0.5, 0.6) is 0 Å². The molecule has 5 nitrogen and oxygen atoms in total. The quantitative estimate of drug-likeness (QED) is 0.726. The van der Waals surface area contributed by atoms with Crippen molar-refractivity contribution in [3.05, 3.63) is 71.0 Å². The number of carbonyl (C=O) groups excluding carboxylic acids is 1. The molecule has 122 valence electrons. The van der Waals surface area contributed by atoms with Crippen LogP contribution in [0.25, 0.3) is 5.69 Å². The van der Waals surface area contributed by atoms with Gasteiger partial charge in [-0.1, -0.05) is 41.9 Å². The van der Waals surface area contributed by atoms with E-state index in [1.54, 1.807) is 28.8 Å². The maximum atomic E-state index is 13.1. The molecule has 1 heterocycles. The smallest absolute Gasteiger partial charge is 0.278 e. The van der Waals surface area contributed by atoms with E-state index in [9.17, 15) is 4.79 Å². The molecule has 0 atom stereocenters. The van der Waals surface area contributed by atoms with Gasteiger partial charge < -0.3 is 4.90 Å². The Balaban J connectivity index is 2.03. The van der Waals surface area contributed by atoms with E-state index in [4.69, 9.17) is 11.6 Å². The molecule has 0 aliphatic carbocycles. The van der Waals surface area contributed by atoms with Crippen LogP contribution in [0.4, 0.5) is 5.69 Å². The Labute approximate surface area is 145 Å². The molecule has 0 aliphatic heterocycles. The van der Waals surface area contributed by atoms with Crippen LogP contribution in [0.2, 0.25) is 5.02 Å². The van der Waals surface area contributed by atoms with Crippen LogP contribution in [0.1, 0.15) is 23.1 Å². The lowest BCUT2D eigenvalue weighted by Gasteiger charge is -2.18. The first-order valence-electron chi connectivity index (χ1n) is 7.65. The van der Waals surface area contributed by atoms with Gasteiger partial charge in [-0.2, -0.15) is 0 Å². The molecule has 0 radical (unpaired) electrons. The SMILES string of the molecule is CCc1nnn(-c2ccccc2)c1C(=O)N(C)c1ccc(Cl)cc1. The van der Waals surface area contributed by atoms with Crippen LogP contribution < -0.4 is 4.90 Å². The van der Waals surface area contributed by atoms with Crippen molar-refractivity contribution < 1.29 is 4.79 Å². The fourth-order valence-corrected chi connectivity index (χ4v) is 2.58. The summed E-state index contributed by atoms with van der Waals surface area (Å²) in [5.41, 5.74) is 2.70. The van der Waals surface area contributed by atoms with Crippen LogP contribution in [-0.4, -0.2) is 27.9 Å². The minimum Gasteiger partial charge on any atom is -0.310 e. The minimum absolute atomic E-state index is 0.164. The lowest BCUT2D eigenvalue weighted by atomic mass is 10.2. The Bertz CT molecular complexity index is 843. The van der Waals surface area contributed by atoms with Crippen molar-refractivity contribution >= 4 is 23.2 Å². The number of hydrogen-bond donors (Lipinski definition) is 0. The van der Waals surface area contributed by atoms with Crippen LogP contribution in [0, 0.1) is 0 Å². The summed E-state index contributed by atoms with van der Waals surface area (Å²) in [6.07, 6.45) is 0.627. The number of aromatic nitrogens is 3. The molecule has 0 saturated carbocycles. The van der Waals surface area contributed by atoms with Crippen LogP contribution in [0.15, 0.2) is 54.6 Å². The molecule has 0 fully saturated rings. The van der Waals surface area contributed by atoms with Gasteiger partial charge in [-0.25, -0.2) is 4.68 Å². The Morgan fingerprint density at radius 2 is 1.79 bits per heavy atom. The largest absolute Gasteiger partial charge is 0.310 e. The summed E-state index contributed by atoms with van der Waals surface area (Å²) in [7, 11) is 1.73. The Morgan fingerprint density at radius 3 is 2.42 bits per heavy atom. The summed E-state index contributed by atoms with van der Waals surface area (Å²) in [5, 5.41) is 8.96. The van der Waals surface area contributed by atoms with Gasteiger partial charge in [0, 0.05) is 17.8 Å². The van der Waals surface area contributed by atoms with E-state index in [2.05, 4.69) is 10.3 Å². The topological polar surface area (TPSA) is 51.0 Å². The zero-order valence-electron chi connectivity index (χ0n) is 13.5. The van der Waals surface area contributed by atoms with E-state index in [1.165, 1.54) is 0 Å². The van der Waals surface area contributed by atoms with Gasteiger partial charge in [0.05, 0.1) is 11.4 Å². The lowest BCUT2D eigenvalue weighted by molar-refractivity contribution is 0.0984. The molecule has 0 spiro atoms.